The second-order valence-corrected chi connectivity index (χ2v) is 25.2. The summed E-state index contributed by atoms with van der Waals surface area (Å²) in [6, 6.07) is 0. The Balaban J connectivity index is 5.18. The second kappa shape index (κ2) is 55.0. The number of phosphoric acid groups is 2. The third kappa shape index (κ3) is 54.0. The van der Waals surface area contributed by atoms with E-state index in [4.69, 9.17) is 37.0 Å². The van der Waals surface area contributed by atoms with Crippen molar-refractivity contribution in [3.8, 4) is 0 Å². The molecule has 80 heavy (non-hydrogen) atoms. The van der Waals surface area contributed by atoms with Gasteiger partial charge in [-0.15, -0.1) is 0 Å². The highest BCUT2D eigenvalue weighted by Crippen LogP contribution is 2.45. The van der Waals surface area contributed by atoms with Gasteiger partial charge in [0.25, 0.3) is 0 Å². The number of rotatable bonds is 61. The number of aliphatic hydroxyl groups is 1. The van der Waals surface area contributed by atoms with Crippen LogP contribution in [0.2, 0.25) is 0 Å². The number of carbonyl (C=O) groups excluding carboxylic acids is 4. The third-order valence-electron chi connectivity index (χ3n) is 14.4. The van der Waals surface area contributed by atoms with Crippen molar-refractivity contribution in [2.45, 2.75) is 323 Å². The highest BCUT2D eigenvalue weighted by Gasteiger charge is 2.30. The van der Waals surface area contributed by atoms with Gasteiger partial charge < -0.3 is 33.8 Å². The Labute approximate surface area is 486 Å². The molecule has 17 nitrogen and oxygen atoms in total. The SMILES string of the molecule is CCCCCCCCCCCCCCCCC(=O)O[C@H](COC(=O)CCCCCCCCCCC(C)CC)COP(=O)(O)OC[C@@H](O)COP(=O)(O)OC[C@@H](COC(=O)CCCCCCC)OC(=O)CCCCCCCCCCC. The molecule has 3 N–H and O–H groups in total. The van der Waals surface area contributed by atoms with Crippen LogP contribution in [0, 0.1) is 5.92 Å². The topological polar surface area (TPSA) is 237 Å². The van der Waals surface area contributed by atoms with Gasteiger partial charge in [-0.3, -0.25) is 37.3 Å². The van der Waals surface area contributed by atoms with Gasteiger partial charge in [-0.1, -0.05) is 253 Å². The van der Waals surface area contributed by atoms with Crippen LogP contribution in [0.25, 0.3) is 0 Å². The maximum Gasteiger partial charge on any atom is 0.472 e. The molecule has 0 spiro atoms. The molecule has 0 aliphatic rings. The van der Waals surface area contributed by atoms with E-state index in [0.717, 1.165) is 102 Å². The predicted molar refractivity (Wildman–Crippen MR) is 317 cm³/mol. The first-order valence-corrected chi connectivity index (χ1v) is 35.2. The normalized spacial score (nSPS) is 14.7. The van der Waals surface area contributed by atoms with E-state index in [2.05, 4.69) is 34.6 Å². The molecule has 0 aliphatic carbocycles. The molecule has 3 unspecified atom stereocenters. The Morgan fingerprint density at radius 2 is 0.600 bits per heavy atom. The van der Waals surface area contributed by atoms with E-state index in [9.17, 15) is 43.2 Å². The minimum absolute atomic E-state index is 0.105. The number of hydrogen-bond donors (Lipinski definition) is 3. The van der Waals surface area contributed by atoms with E-state index >= 15 is 0 Å². The van der Waals surface area contributed by atoms with E-state index < -0.39 is 97.5 Å². The quantitative estimate of drug-likeness (QED) is 0.0222. The van der Waals surface area contributed by atoms with E-state index in [0.29, 0.717) is 25.7 Å². The zero-order chi connectivity index (χ0) is 59.2. The number of unbranched alkanes of at least 4 members (excludes halogenated alkanes) is 32. The van der Waals surface area contributed by atoms with Gasteiger partial charge >= 0.3 is 39.5 Å². The maximum atomic E-state index is 12.9. The molecule has 0 bridgehead atoms. The Morgan fingerprint density at radius 3 is 0.887 bits per heavy atom. The Morgan fingerprint density at radius 1 is 0.350 bits per heavy atom. The van der Waals surface area contributed by atoms with Crippen molar-refractivity contribution >= 4 is 39.5 Å². The maximum absolute atomic E-state index is 12.9. The fraction of sp³-hybridized carbons (Fsp3) is 0.934. The molecule has 19 heteroatoms. The van der Waals surface area contributed by atoms with Crippen molar-refractivity contribution in [1.29, 1.82) is 0 Å². The van der Waals surface area contributed by atoms with Crippen molar-refractivity contribution in [2.24, 2.45) is 5.92 Å². The molecule has 0 rings (SSSR count). The van der Waals surface area contributed by atoms with E-state index in [1.165, 1.54) is 122 Å². The summed E-state index contributed by atoms with van der Waals surface area (Å²) in [5.74, 6) is -1.37. The van der Waals surface area contributed by atoms with E-state index in [1.807, 2.05) is 0 Å². The fourth-order valence-corrected chi connectivity index (χ4v) is 10.6. The van der Waals surface area contributed by atoms with E-state index in [1.54, 1.807) is 0 Å². The summed E-state index contributed by atoms with van der Waals surface area (Å²) in [7, 11) is -9.87. The molecule has 0 fully saturated rings. The Kier molecular flexibility index (Phi) is 53.6. The van der Waals surface area contributed by atoms with Crippen molar-refractivity contribution < 1.29 is 80.2 Å². The number of esters is 4. The molecule has 0 amide bonds. The molecule has 0 radical (unpaired) electrons. The number of carbonyl (C=O) groups is 4. The molecule has 0 aliphatic heterocycles. The summed E-state index contributed by atoms with van der Waals surface area (Å²) in [6.07, 6.45) is 37.8. The van der Waals surface area contributed by atoms with Crippen molar-refractivity contribution in [2.75, 3.05) is 39.6 Å². The first-order valence-electron chi connectivity index (χ1n) is 32.2. The first kappa shape index (κ1) is 78.1. The van der Waals surface area contributed by atoms with Crippen molar-refractivity contribution in [3.63, 3.8) is 0 Å². The minimum atomic E-state index is -4.94. The van der Waals surface area contributed by atoms with E-state index in [-0.39, 0.29) is 25.7 Å². The van der Waals surface area contributed by atoms with Crippen LogP contribution in [0.4, 0.5) is 0 Å². The van der Waals surface area contributed by atoms with Crippen LogP contribution in [0.15, 0.2) is 0 Å². The van der Waals surface area contributed by atoms with Crippen LogP contribution in [0.5, 0.6) is 0 Å². The molecule has 0 heterocycles. The van der Waals surface area contributed by atoms with Gasteiger partial charge in [0, 0.05) is 25.7 Å². The third-order valence-corrected chi connectivity index (χ3v) is 16.3. The number of aliphatic hydroxyl groups excluding tert-OH is 1. The summed E-state index contributed by atoms with van der Waals surface area (Å²) in [5.41, 5.74) is 0. The molecule has 0 saturated heterocycles. The van der Waals surface area contributed by atoms with Crippen LogP contribution < -0.4 is 0 Å². The molecule has 0 aromatic rings. The van der Waals surface area contributed by atoms with Crippen LogP contribution in [0.3, 0.4) is 0 Å². The second-order valence-electron chi connectivity index (χ2n) is 22.3. The molecule has 0 aromatic heterocycles. The van der Waals surface area contributed by atoms with Gasteiger partial charge in [0.05, 0.1) is 26.4 Å². The van der Waals surface area contributed by atoms with Crippen LogP contribution >= 0.6 is 15.6 Å². The van der Waals surface area contributed by atoms with Crippen LogP contribution in [0.1, 0.15) is 304 Å². The van der Waals surface area contributed by atoms with Gasteiger partial charge in [-0.05, 0) is 31.6 Å². The lowest BCUT2D eigenvalue weighted by Crippen LogP contribution is -2.30. The summed E-state index contributed by atoms with van der Waals surface area (Å²) >= 11 is 0. The highest BCUT2D eigenvalue weighted by molar-refractivity contribution is 7.47. The Bertz CT molecular complexity index is 1570. The minimum Gasteiger partial charge on any atom is -0.462 e. The smallest absolute Gasteiger partial charge is 0.462 e. The zero-order valence-corrected chi connectivity index (χ0v) is 53.0. The van der Waals surface area contributed by atoms with Gasteiger partial charge in [-0.25, -0.2) is 9.13 Å². The zero-order valence-electron chi connectivity index (χ0n) is 51.2. The monoisotopic (exact) mass is 1180 g/mol. The summed E-state index contributed by atoms with van der Waals surface area (Å²) in [4.78, 5) is 71.8. The van der Waals surface area contributed by atoms with Gasteiger partial charge in [0.2, 0.25) is 0 Å². The molecular weight excluding hydrogens is 1070 g/mol. The van der Waals surface area contributed by atoms with Gasteiger partial charge in [0.1, 0.15) is 19.3 Å². The number of ether oxygens (including phenoxy) is 4. The fourth-order valence-electron chi connectivity index (χ4n) is 9.02. The van der Waals surface area contributed by atoms with Crippen molar-refractivity contribution in [3.05, 3.63) is 0 Å². The molecule has 6 atom stereocenters. The predicted octanol–water partition coefficient (Wildman–Crippen LogP) is 16.6. The first-order chi connectivity index (χ1) is 38.6. The van der Waals surface area contributed by atoms with Gasteiger partial charge in [0.15, 0.2) is 12.2 Å². The largest absolute Gasteiger partial charge is 0.472 e. The van der Waals surface area contributed by atoms with Crippen molar-refractivity contribution in [1.82, 2.24) is 0 Å². The average Bonchev–Trinajstić information content (AvgIpc) is 3.43. The molecule has 0 saturated carbocycles. The number of hydrogen-bond acceptors (Lipinski definition) is 15. The summed E-state index contributed by atoms with van der Waals surface area (Å²) in [5, 5.41) is 10.5. The molecule has 474 valence electrons. The average molecular weight is 1190 g/mol. The van der Waals surface area contributed by atoms with Crippen LogP contribution in [-0.4, -0.2) is 96.7 Å². The summed E-state index contributed by atoms with van der Waals surface area (Å²) in [6.45, 7) is 7.07. The lowest BCUT2D eigenvalue weighted by molar-refractivity contribution is -0.161. The van der Waals surface area contributed by atoms with Gasteiger partial charge in [-0.2, -0.15) is 0 Å². The van der Waals surface area contributed by atoms with Crippen LogP contribution in [-0.2, 0) is 65.4 Å². The molecule has 0 aromatic carbocycles. The Hall–Kier alpha value is -1.94. The summed E-state index contributed by atoms with van der Waals surface area (Å²) < 4.78 is 67.7. The molecular formula is C61H118O17P2. The highest BCUT2D eigenvalue weighted by atomic mass is 31.2. The lowest BCUT2D eigenvalue weighted by atomic mass is 9.99. The lowest BCUT2D eigenvalue weighted by Gasteiger charge is -2.21. The number of phosphoric ester groups is 2. The standard InChI is InChI=1S/C61H118O17P2/c1-6-10-13-16-18-20-21-22-23-24-26-32-37-42-47-61(66)78-57(51-72-59(64)45-40-35-30-28-27-29-34-38-43-54(5)9-4)53-76-80(69,70)74-49-55(62)48-73-79(67,68)75-52-56(50-71-58(63)44-39-33-15-12-8-3)77-60(65)46-41-36-31-25-19-17-14-11-7-2/h54-57,62H,6-53H2,1-5H3,(H,67,68)(H,69,70)/t54?,55-,56+,57+/m0/s1.